The molecule has 1 saturated carbocycles. The lowest BCUT2D eigenvalue weighted by molar-refractivity contribution is -0.122. The summed E-state index contributed by atoms with van der Waals surface area (Å²) in [4.78, 5) is 30.1. The molecule has 1 aliphatic heterocycles. The molecule has 29 heavy (non-hydrogen) atoms. The van der Waals surface area contributed by atoms with Gasteiger partial charge < -0.3 is 10.2 Å². The number of halogens is 1. The molecule has 1 amide bonds. The van der Waals surface area contributed by atoms with Gasteiger partial charge in [0.25, 0.3) is 0 Å². The predicted octanol–water partition coefficient (Wildman–Crippen LogP) is 2.60. The van der Waals surface area contributed by atoms with Gasteiger partial charge in [0.1, 0.15) is 6.54 Å². The Morgan fingerprint density at radius 2 is 1.93 bits per heavy atom. The van der Waals surface area contributed by atoms with Crippen LogP contribution < -0.4 is 11.0 Å². The van der Waals surface area contributed by atoms with E-state index in [-0.39, 0.29) is 23.9 Å². The summed E-state index contributed by atoms with van der Waals surface area (Å²) in [5.74, 6) is -0.129. The van der Waals surface area contributed by atoms with Gasteiger partial charge in [-0.25, -0.2) is 9.78 Å². The maximum absolute atomic E-state index is 12.3. The molecule has 1 aromatic heterocycles. The monoisotopic (exact) mass is 414 g/mol. The van der Waals surface area contributed by atoms with E-state index in [4.69, 9.17) is 11.6 Å². The van der Waals surface area contributed by atoms with E-state index in [1.54, 1.807) is 12.3 Å². The molecule has 1 saturated heterocycles. The van der Waals surface area contributed by atoms with Crippen molar-refractivity contribution in [1.82, 2.24) is 19.8 Å². The summed E-state index contributed by atoms with van der Waals surface area (Å²) in [7, 11) is 0. The van der Waals surface area contributed by atoms with Gasteiger partial charge in [0.15, 0.2) is 0 Å². The van der Waals surface area contributed by atoms with Crippen LogP contribution in [-0.4, -0.2) is 46.0 Å². The lowest BCUT2D eigenvalue weighted by atomic mass is 9.64. The fourth-order valence-corrected chi connectivity index (χ4v) is 4.67. The SMILES string of the molecule is O=C(Cn1cccnc1=O)NC1CCN(CC2(c3ccc(Cl)cc3)CCC2)CC1. The van der Waals surface area contributed by atoms with Gasteiger partial charge in [0.05, 0.1) is 0 Å². The van der Waals surface area contributed by atoms with Crippen LogP contribution >= 0.6 is 11.6 Å². The number of aromatic nitrogens is 2. The Balaban J connectivity index is 1.28. The summed E-state index contributed by atoms with van der Waals surface area (Å²) in [5.41, 5.74) is 1.25. The van der Waals surface area contributed by atoms with Gasteiger partial charge in [-0.05, 0) is 49.4 Å². The van der Waals surface area contributed by atoms with Crippen molar-refractivity contribution in [1.29, 1.82) is 0 Å². The van der Waals surface area contributed by atoms with Crippen LogP contribution in [0.1, 0.15) is 37.7 Å². The minimum atomic E-state index is -0.398. The standard InChI is InChI=1S/C22H27ClN4O2/c23-18-5-3-17(4-6-18)22(9-1-10-22)16-26-13-7-19(8-14-26)25-20(28)15-27-12-2-11-24-21(27)29/h2-6,11-12,19H,1,7-10,13-16H2,(H,25,28). The van der Waals surface area contributed by atoms with Crippen molar-refractivity contribution in [3.05, 3.63) is 63.8 Å². The summed E-state index contributed by atoms with van der Waals surface area (Å²) in [6.07, 6.45) is 8.63. The lowest BCUT2D eigenvalue weighted by Gasteiger charge is -2.47. The average molecular weight is 415 g/mol. The van der Waals surface area contributed by atoms with Crippen LogP contribution in [0.2, 0.25) is 5.02 Å². The number of rotatable bonds is 6. The van der Waals surface area contributed by atoms with Gasteiger partial charge in [-0.3, -0.25) is 9.36 Å². The highest BCUT2D eigenvalue weighted by atomic mass is 35.5. The van der Waals surface area contributed by atoms with Gasteiger partial charge in [0, 0.05) is 48.5 Å². The zero-order valence-electron chi connectivity index (χ0n) is 16.5. The molecular weight excluding hydrogens is 388 g/mol. The van der Waals surface area contributed by atoms with Crippen LogP contribution in [0.5, 0.6) is 0 Å². The third-order valence-electron chi connectivity index (χ3n) is 6.34. The first kappa shape index (κ1) is 20.1. The van der Waals surface area contributed by atoms with Crippen LogP contribution in [0.25, 0.3) is 0 Å². The van der Waals surface area contributed by atoms with Crippen molar-refractivity contribution in [2.45, 2.75) is 50.1 Å². The van der Waals surface area contributed by atoms with E-state index in [2.05, 4.69) is 27.3 Å². The summed E-state index contributed by atoms with van der Waals surface area (Å²) in [6.45, 7) is 3.05. The number of carbonyl (C=O) groups excluding carboxylic acids is 1. The number of hydrogen-bond donors (Lipinski definition) is 1. The molecule has 0 radical (unpaired) electrons. The Kier molecular flexibility index (Phi) is 6.01. The molecule has 6 nitrogen and oxygen atoms in total. The first-order chi connectivity index (χ1) is 14.0. The average Bonchev–Trinajstić information content (AvgIpc) is 2.69. The molecule has 2 fully saturated rings. The molecule has 1 aliphatic carbocycles. The third kappa shape index (κ3) is 4.70. The van der Waals surface area contributed by atoms with Crippen molar-refractivity contribution in [2.75, 3.05) is 19.6 Å². The van der Waals surface area contributed by atoms with Crippen molar-refractivity contribution >= 4 is 17.5 Å². The fourth-order valence-electron chi connectivity index (χ4n) is 4.54. The highest BCUT2D eigenvalue weighted by Gasteiger charge is 2.40. The van der Waals surface area contributed by atoms with E-state index in [0.717, 1.165) is 37.5 Å². The molecule has 7 heteroatoms. The highest BCUT2D eigenvalue weighted by molar-refractivity contribution is 6.30. The molecule has 1 aromatic carbocycles. The summed E-state index contributed by atoms with van der Waals surface area (Å²) >= 11 is 6.06. The molecule has 0 bridgehead atoms. The number of piperidine rings is 1. The Morgan fingerprint density at radius 1 is 1.21 bits per heavy atom. The molecule has 0 unspecified atom stereocenters. The second kappa shape index (κ2) is 8.67. The van der Waals surface area contributed by atoms with E-state index in [1.807, 2.05) is 12.1 Å². The smallest absolute Gasteiger partial charge is 0.347 e. The summed E-state index contributed by atoms with van der Waals surface area (Å²) in [5, 5.41) is 3.86. The minimum Gasteiger partial charge on any atom is -0.352 e. The summed E-state index contributed by atoms with van der Waals surface area (Å²) < 4.78 is 1.33. The van der Waals surface area contributed by atoms with Crippen LogP contribution in [0.15, 0.2) is 47.5 Å². The molecule has 4 rings (SSSR count). The van der Waals surface area contributed by atoms with Crippen molar-refractivity contribution in [2.24, 2.45) is 0 Å². The van der Waals surface area contributed by atoms with E-state index >= 15 is 0 Å². The number of hydrogen-bond acceptors (Lipinski definition) is 4. The molecule has 2 heterocycles. The number of benzene rings is 1. The summed E-state index contributed by atoms with van der Waals surface area (Å²) in [6, 6.07) is 10.2. The molecule has 2 aromatic rings. The van der Waals surface area contributed by atoms with Crippen molar-refractivity contribution < 1.29 is 4.79 Å². The maximum Gasteiger partial charge on any atom is 0.347 e. The first-order valence-electron chi connectivity index (χ1n) is 10.3. The molecule has 0 spiro atoms. The zero-order chi connectivity index (χ0) is 20.3. The number of nitrogens with zero attached hydrogens (tertiary/aromatic N) is 3. The maximum atomic E-state index is 12.3. The second-order valence-corrected chi connectivity index (χ2v) is 8.73. The van der Waals surface area contributed by atoms with Gasteiger partial charge in [0.2, 0.25) is 5.91 Å². The Labute approximate surface area is 175 Å². The highest BCUT2D eigenvalue weighted by Crippen LogP contribution is 2.44. The zero-order valence-corrected chi connectivity index (χ0v) is 17.3. The van der Waals surface area contributed by atoms with E-state index in [1.165, 1.54) is 35.6 Å². The molecule has 2 aliphatic rings. The third-order valence-corrected chi connectivity index (χ3v) is 6.59. The van der Waals surface area contributed by atoms with E-state index in [9.17, 15) is 9.59 Å². The van der Waals surface area contributed by atoms with Gasteiger partial charge in [-0.1, -0.05) is 30.2 Å². The molecule has 0 atom stereocenters. The molecule has 154 valence electrons. The van der Waals surface area contributed by atoms with E-state index in [0.29, 0.717) is 0 Å². The van der Waals surface area contributed by atoms with Crippen molar-refractivity contribution in [3.8, 4) is 0 Å². The van der Waals surface area contributed by atoms with Crippen LogP contribution in [0, 0.1) is 0 Å². The fraction of sp³-hybridized carbons (Fsp3) is 0.500. The topological polar surface area (TPSA) is 67.2 Å². The van der Waals surface area contributed by atoms with Gasteiger partial charge in [-0.15, -0.1) is 0 Å². The first-order valence-corrected chi connectivity index (χ1v) is 10.7. The lowest BCUT2D eigenvalue weighted by Crippen LogP contribution is -2.51. The predicted molar refractivity (Wildman–Crippen MR) is 113 cm³/mol. The van der Waals surface area contributed by atoms with Gasteiger partial charge in [-0.2, -0.15) is 0 Å². The number of carbonyl (C=O) groups is 1. The minimum absolute atomic E-state index is 0.0204. The number of likely N-dealkylation sites (tertiary alicyclic amines) is 1. The Bertz CT molecular complexity index is 900. The Morgan fingerprint density at radius 3 is 2.55 bits per heavy atom. The molecule has 1 N–H and O–H groups in total. The van der Waals surface area contributed by atoms with Crippen molar-refractivity contribution in [3.63, 3.8) is 0 Å². The van der Waals surface area contributed by atoms with Crippen LogP contribution in [-0.2, 0) is 16.8 Å². The number of nitrogens with one attached hydrogen (secondary N) is 1. The second-order valence-electron chi connectivity index (χ2n) is 8.29. The Hall–Kier alpha value is -2.18. The number of amides is 1. The van der Waals surface area contributed by atoms with Crippen LogP contribution in [0.4, 0.5) is 0 Å². The largest absolute Gasteiger partial charge is 0.352 e. The van der Waals surface area contributed by atoms with Gasteiger partial charge >= 0.3 is 5.69 Å². The van der Waals surface area contributed by atoms with Crippen LogP contribution in [0.3, 0.4) is 0 Å². The quantitative estimate of drug-likeness (QED) is 0.789. The normalized spacial score (nSPS) is 19.5. The van der Waals surface area contributed by atoms with E-state index < -0.39 is 5.69 Å². The molecular formula is C22H27ClN4O2.